The van der Waals surface area contributed by atoms with E-state index in [1.54, 1.807) is 34.9 Å². The van der Waals surface area contributed by atoms with E-state index in [1.165, 1.54) is 5.01 Å². The van der Waals surface area contributed by atoms with Crippen molar-refractivity contribution < 1.29 is 24.6 Å². The van der Waals surface area contributed by atoms with Crippen molar-refractivity contribution in [2.75, 3.05) is 23.1 Å². The van der Waals surface area contributed by atoms with Gasteiger partial charge in [0.15, 0.2) is 5.60 Å². The summed E-state index contributed by atoms with van der Waals surface area (Å²) in [7, 11) is 0. The van der Waals surface area contributed by atoms with Gasteiger partial charge in [0.05, 0.1) is 30.2 Å². The van der Waals surface area contributed by atoms with Crippen LogP contribution in [0.15, 0.2) is 125 Å². The third kappa shape index (κ3) is 7.33. The number of aliphatic hydroxyl groups is 2. The first kappa shape index (κ1) is 34.9. The first-order valence-electron chi connectivity index (χ1n) is 16.7. The highest BCUT2D eigenvalue weighted by molar-refractivity contribution is 9.10. The van der Waals surface area contributed by atoms with Crippen molar-refractivity contribution >= 4 is 50.7 Å². The van der Waals surface area contributed by atoms with Crippen LogP contribution in [0.25, 0.3) is 0 Å². The molecule has 2 atom stereocenters. The predicted molar refractivity (Wildman–Crippen MR) is 197 cm³/mol. The maximum Gasteiger partial charge on any atom is 0.264 e. The van der Waals surface area contributed by atoms with Crippen LogP contribution in [0.1, 0.15) is 48.4 Å². The molecular formula is C40H39BrN4O5. The minimum absolute atomic E-state index is 0.0548. The smallest absolute Gasteiger partial charge is 0.264 e. The van der Waals surface area contributed by atoms with Crippen LogP contribution < -0.4 is 9.91 Å². The average molecular weight is 736 g/mol. The second-order valence-corrected chi connectivity index (χ2v) is 13.5. The molecule has 0 spiro atoms. The highest BCUT2D eigenvalue weighted by Crippen LogP contribution is 2.46. The van der Waals surface area contributed by atoms with E-state index in [1.807, 2.05) is 97.1 Å². The number of hydrogen-bond donors (Lipinski definition) is 2. The molecule has 0 aliphatic carbocycles. The van der Waals surface area contributed by atoms with Gasteiger partial charge in [-0.1, -0.05) is 108 Å². The van der Waals surface area contributed by atoms with Gasteiger partial charge < -0.3 is 20.0 Å². The first-order valence-corrected chi connectivity index (χ1v) is 17.5. The van der Waals surface area contributed by atoms with Crippen molar-refractivity contribution in [1.29, 1.82) is 0 Å². The van der Waals surface area contributed by atoms with E-state index >= 15 is 0 Å². The fourth-order valence-electron chi connectivity index (χ4n) is 6.45. The van der Waals surface area contributed by atoms with E-state index in [4.69, 9.17) is 0 Å². The van der Waals surface area contributed by atoms with Crippen LogP contribution in [0.2, 0.25) is 0 Å². The summed E-state index contributed by atoms with van der Waals surface area (Å²) in [4.78, 5) is 43.2. The number of amides is 3. The first-order chi connectivity index (χ1) is 24.2. The zero-order chi connectivity index (χ0) is 35.3. The maximum atomic E-state index is 14.1. The quantitative estimate of drug-likeness (QED) is 0.166. The van der Waals surface area contributed by atoms with Gasteiger partial charge in [-0.15, -0.1) is 0 Å². The summed E-state index contributed by atoms with van der Waals surface area (Å²) in [6, 6.07) is 32.2. The van der Waals surface area contributed by atoms with Crippen LogP contribution in [0.4, 0.5) is 11.4 Å². The standard InChI is InChI=1S/C40H39BrN4O5/c1-28(9-8-14-37(47)43(23-24-46)26-29-10-4-2-5-11-29)40(50)34-25-32(41)17-21-36(34)44(39(40)49)27-30-15-18-33(19-16-30)45-38(48)22-20-35(42-45)31-12-6-3-7-13-31/h2-13,15-19,21,25,28,46,50H,14,20,22-24,26-27H2,1H3/b9-8+/t28-,40+/m0/s1. The third-order valence-electron chi connectivity index (χ3n) is 9.21. The van der Waals surface area contributed by atoms with E-state index in [2.05, 4.69) is 21.0 Å². The Morgan fingerprint density at radius 2 is 1.66 bits per heavy atom. The maximum absolute atomic E-state index is 14.1. The summed E-state index contributed by atoms with van der Waals surface area (Å²) in [5.74, 6) is -1.38. The molecule has 4 aromatic rings. The van der Waals surface area contributed by atoms with Gasteiger partial charge in [-0.3, -0.25) is 14.4 Å². The number of nitrogens with zero attached hydrogens (tertiary/aromatic N) is 4. The van der Waals surface area contributed by atoms with Crippen molar-refractivity contribution in [1.82, 2.24) is 4.90 Å². The molecule has 10 heteroatoms. The van der Waals surface area contributed by atoms with E-state index in [9.17, 15) is 24.6 Å². The van der Waals surface area contributed by atoms with Crippen LogP contribution in [0.5, 0.6) is 0 Å². The van der Waals surface area contributed by atoms with Crippen molar-refractivity contribution in [2.24, 2.45) is 11.0 Å². The number of aliphatic hydroxyl groups excluding tert-OH is 1. The monoisotopic (exact) mass is 734 g/mol. The number of carbonyl (C=O) groups is 3. The third-order valence-corrected chi connectivity index (χ3v) is 9.70. The molecule has 0 unspecified atom stereocenters. The zero-order valence-electron chi connectivity index (χ0n) is 27.8. The molecule has 9 nitrogen and oxygen atoms in total. The number of anilines is 2. The molecule has 0 saturated carbocycles. The Morgan fingerprint density at radius 1 is 0.960 bits per heavy atom. The number of benzene rings is 4. The Kier molecular flexibility index (Phi) is 10.7. The molecule has 2 aliphatic rings. The minimum Gasteiger partial charge on any atom is -0.395 e. The molecule has 2 N–H and O–H groups in total. The number of hydrazone groups is 1. The lowest BCUT2D eigenvalue weighted by Gasteiger charge is -2.28. The lowest BCUT2D eigenvalue weighted by atomic mass is 9.83. The molecule has 6 rings (SSSR count). The molecule has 2 heterocycles. The highest BCUT2D eigenvalue weighted by atomic mass is 79.9. The Bertz CT molecular complexity index is 1920. The Labute approximate surface area is 300 Å². The number of halogens is 1. The SMILES string of the molecule is C[C@@H](/C=C/CC(=O)N(CCO)Cc1ccccc1)[C@]1(O)C(=O)N(Cc2ccc(N3N=C(c4ccccc4)CCC3=O)cc2)c2ccc(Br)cc21. The topological polar surface area (TPSA) is 114 Å². The van der Waals surface area contributed by atoms with E-state index in [0.717, 1.165) is 26.9 Å². The Morgan fingerprint density at radius 3 is 2.36 bits per heavy atom. The Balaban J connectivity index is 1.17. The fourth-order valence-corrected chi connectivity index (χ4v) is 6.81. The summed E-state index contributed by atoms with van der Waals surface area (Å²) in [6.45, 7) is 2.38. The lowest BCUT2D eigenvalue weighted by molar-refractivity contribution is -0.139. The number of fused-ring (bicyclic) bond motifs is 1. The molecule has 0 fully saturated rings. The van der Waals surface area contributed by atoms with Crippen LogP contribution in [-0.2, 0) is 33.1 Å². The molecule has 0 saturated heterocycles. The molecular weight excluding hydrogens is 696 g/mol. The molecule has 0 radical (unpaired) electrons. The van der Waals surface area contributed by atoms with Crippen molar-refractivity contribution in [3.05, 3.63) is 142 Å². The summed E-state index contributed by atoms with van der Waals surface area (Å²) in [5, 5.41) is 27.8. The second-order valence-electron chi connectivity index (χ2n) is 12.5. The normalized spacial score (nSPS) is 18.0. The molecule has 2 aliphatic heterocycles. The van der Waals surface area contributed by atoms with Gasteiger partial charge >= 0.3 is 0 Å². The molecule has 50 heavy (non-hydrogen) atoms. The summed E-state index contributed by atoms with van der Waals surface area (Å²) in [6.07, 6.45) is 4.38. The molecule has 0 bridgehead atoms. The van der Waals surface area contributed by atoms with Crippen LogP contribution in [-0.4, -0.2) is 51.7 Å². The van der Waals surface area contributed by atoms with Crippen LogP contribution in [0, 0.1) is 5.92 Å². The van der Waals surface area contributed by atoms with E-state index in [-0.39, 0.29) is 37.9 Å². The summed E-state index contributed by atoms with van der Waals surface area (Å²) < 4.78 is 0.724. The van der Waals surface area contributed by atoms with Crippen molar-refractivity contribution in [2.45, 2.75) is 44.9 Å². The number of rotatable bonds is 12. The molecule has 3 amide bonds. The minimum atomic E-state index is -1.86. The summed E-state index contributed by atoms with van der Waals surface area (Å²) in [5.41, 5.74) is 3.45. The van der Waals surface area contributed by atoms with E-state index < -0.39 is 17.4 Å². The van der Waals surface area contributed by atoms with Crippen LogP contribution >= 0.6 is 15.9 Å². The molecule has 256 valence electrons. The number of carbonyl (C=O) groups excluding carboxylic acids is 3. The summed E-state index contributed by atoms with van der Waals surface area (Å²) >= 11 is 3.50. The van der Waals surface area contributed by atoms with Gasteiger partial charge in [0.1, 0.15) is 0 Å². The van der Waals surface area contributed by atoms with Gasteiger partial charge in [0, 0.05) is 48.3 Å². The van der Waals surface area contributed by atoms with Gasteiger partial charge in [-0.25, -0.2) is 5.01 Å². The predicted octanol–water partition coefficient (Wildman–Crippen LogP) is 6.32. The van der Waals surface area contributed by atoms with Gasteiger partial charge in [-0.05, 0) is 47.0 Å². The number of hydrogen-bond acceptors (Lipinski definition) is 6. The molecule has 0 aromatic heterocycles. The largest absolute Gasteiger partial charge is 0.395 e. The van der Waals surface area contributed by atoms with Gasteiger partial charge in [0.25, 0.3) is 5.91 Å². The van der Waals surface area contributed by atoms with E-state index in [0.29, 0.717) is 36.3 Å². The molecule has 4 aromatic carbocycles. The fraction of sp³-hybridized carbons (Fsp3) is 0.250. The Hall–Kier alpha value is -4.90. The second kappa shape index (κ2) is 15.3. The highest BCUT2D eigenvalue weighted by Gasteiger charge is 2.52. The average Bonchev–Trinajstić information content (AvgIpc) is 3.34. The zero-order valence-corrected chi connectivity index (χ0v) is 29.4. The lowest BCUT2D eigenvalue weighted by Crippen LogP contribution is -2.44. The van der Waals surface area contributed by atoms with Gasteiger partial charge in [-0.2, -0.15) is 5.10 Å². The van der Waals surface area contributed by atoms with Crippen molar-refractivity contribution in [3.8, 4) is 0 Å². The van der Waals surface area contributed by atoms with Gasteiger partial charge in [0.2, 0.25) is 11.8 Å². The van der Waals surface area contributed by atoms with Crippen molar-refractivity contribution in [3.63, 3.8) is 0 Å². The van der Waals surface area contributed by atoms with Crippen LogP contribution in [0.3, 0.4) is 0 Å².